The van der Waals surface area contributed by atoms with Crippen molar-refractivity contribution >= 4 is 44.5 Å². The molecule has 1 amide bonds. The number of fused-ring (bicyclic) bond motifs is 1. The van der Waals surface area contributed by atoms with Crippen LogP contribution in [0.2, 0.25) is 0 Å². The molecule has 1 unspecified atom stereocenters. The van der Waals surface area contributed by atoms with Gasteiger partial charge in [0, 0.05) is 31.4 Å². The van der Waals surface area contributed by atoms with Gasteiger partial charge >= 0.3 is 0 Å². The molecule has 184 valence electrons. The summed E-state index contributed by atoms with van der Waals surface area (Å²) >= 11 is 3.24. The number of anilines is 1. The zero-order chi connectivity index (χ0) is 25.1. The van der Waals surface area contributed by atoms with Crippen molar-refractivity contribution in [3.8, 4) is 11.5 Å². The molecule has 0 aliphatic carbocycles. The van der Waals surface area contributed by atoms with E-state index in [1.165, 1.54) is 24.7 Å². The van der Waals surface area contributed by atoms with Crippen molar-refractivity contribution in [1.82, 2.24) is 19.9 Å². The highest BCUT2D eigenvalue weighted by molar-refractivity contribution is 9.09. The quantitative estimate of drug-likeness (QED) is 0.238. The number of alkyl halides is 1. The summed E-state index contributed by atoms with van der Waals surface area (Å²) in [5, 5.41) is 4.03. The monoisotopic (exact) mass is 551 g/mol. The van der Waals surface area contributed by atoms with Gasteiger partial charge < -0.3 is 19.9 Å². The van der Waals surface area contributed by atoms with E-state index < -0.39 is 11.6 Å². The molecule has 4 aromatic rings. The first-order valence-electron chi connectivity index (χ1n) is 11.5. The fourth-order valence-corrected chi connectivity index (χ4v) is 4.78. The Hall–Kier alpha value is -3.79. The van der Waals surface area contributed by atoms with Crippen LogP contribution in [-0.2, 0) is 4.79 Å². The van der Waals surface area contributed by atoms with Gasteiger partial charge in [-0.3, -0.25) is 9.59 Å². The van der Waals surface area contributed by atoms with Crippen molar-refractivity contribution in [2.75, 3.05) is 23.7 Å². The van der Waals surface area contributed by atoms with E-state index in [2.05, 4.69) is 36.2 Å². The molecular weight excluding hydrogens is 529 g/mol. The molecule has 0 radical (unpaired) electrons. The van der Waals surface area contributed by atoms with Crippen LogP contribution in [0.1, 0.15) is 28.8 Å². The van der Waals surface area contributed by atoms with Gasteiger partial charge in [0.25, 0.3) is 0 Å². The second-order valence-electron chi connectivity index (χ2n) is 8.43. The summed E-state index contributed by atoms with van der Waals surface area (Å²) in [6, 6.07) is 13.2. The van der Waals surface area contributed by atoms with Gasteiger partial charge in [0.2, 0.25) is 5.91 Å². The summed E-state index contributed by atoms with van der Waals surface area (Å²) in [4.78, 5) is 38.9. The first-order valence-corrected chi connectivity index (χ1v) is 12.7. The number of hydrogen-bond acceptors (Lipinski definition) is 6. The second-order valence-corrected chi connectivity index (χ2v) is 8.99. The fourth-order valence-electron chi connectivity index (χ4n) is 4.46. The predicted molar refractivity (Wildman–Crippen MR) is 137 cm³/mol. The fraction of sp³-hybridized carbons (Fsp3) is 0.231. The van der Waals surface area contributed by atoms with Crippen LogP contribution in [-0.4, -0.2) is 56.0 Å². The largest absolute Gasteiger partial charge is 0.457 e. The average Bonchev–Trinajstić information content (AvgIpc) is 3.55. The Morgan fingerprint density at radius 3 is 2.75 bits per heavy atom. The van der Waals surface area contributed by atoms with E-state index in [0.717, 1.165) is 12.8 Å². The molecule has 0 spiro atoms. The number of aromatic amines is 1. The molecule has 8 nitrogen and oxygen atoms in total. The number of H-pyrrole nitrogens is 1. The maximum absolute atomic E-state index is 15.0. The van der Waals surface area contributed by atoms with E-state index in [0.29, 0.717) is 41.4 Å². The molecule has 2 aromatic carbocycles. The highest BCUT2D eigenvalue weighted by atomic mass is 79.9. The van der Waals surface area contributed by atoms with E-state index in [1.807, 2.05) is 23.1 Å². The Balaban J connectivity index is 1.39. The number of para-hydroxylation sites is 1. The van der Waals surface area contributed by atoms with E-state index in [4.69, 9.17) is 4.74 Å². The number of amides is 1. The molecule has 0 saturated carbocycles. The molecular formula is C26H23BrFN5O3. The molecule has 10 heteroatoms. The van der Waals surface area contributed by atoms with Crippen molar-refractivity contribution in [2.45, 2.75) is 18.9 Å². The number of halogens is 2. The number of carbonyl (C=O) groups is 2. The molecule has 5 rings (SSSR count). The van der Waals surface area contributed by atoms with E-state index in [1.54, 1.807) is 18.2 Å². The summed E-state index contributed by atoms with van der Waals surface area (Å²) in [5.41, 5.74) is 0.625. The van der Waals surface area contributed by atoms with Crippen molar-refractivity contribution in [3.63, 3.8) is 0 Å². The number of likely N-dealkylation sites (tertiary alicyclic amines) is 1. The van der Waals surface area contributed by atoms with Crippen molar-refractivity contribution in [2.24, 2.45) is 0 Å². The molecule has 1 saturated heterocycles. The number of hydrogen-bond donors (Lipinski definition) is 2. The van der Waals surface area contributed by atoms with Gasteiger partial charge in [-0.25, -0.2) is 14.4 Å². The number of nitrogens with one attached hydrogen (secondary N) is 2. The first-order chi connectivity index (χ1) is 17.5. The van der Waals surface area contributed by atoms with Crippen LogP contribution in [0.5, 0.6) is 11.5 Å². The van der Waals surface area contributed by atoms with Crippen LogP contribution in [0, 0.1) is 5.82 Å². The SMILES string of the molecule is O=C(c1ccc(Oc2ccccc2)cc1F)c1c[nH]c2ncnc(NCC3CCCN3C(=O)CBr)c12. The van der Waals surface area contributed by atoms with Crippen LogP contribution in [0.3, 0.4) is 0 Å². The van der Waals surface area contributed by atoms with Gasteiger partial charge in [-0.05, 0) is 37.1 Å². The summed E-state index contributed by atoms with van der Waals surface area (Å²) in [6.45, 7) is 1.19. The Kier molecular flexibility index (Phi) is 6.95. The molecule has 1 atom stereocenters. The van der Waals surface area contributed by atoms with Crippen molar-refractivity contribution in [3.05, 3.63) is 78.0 Å². The topological polar surface area (TPSA) is 100 Å². The number of ketones is 1. The Morgan fingerprint density at radius 2 is 1.97 bits per heavy atom. The zero-order valence-electron chi connectivity index (χ0n) is 19.2. The van der Waals surface area contributed by atoms with Crippen molar-refractivity contribution < 1.29 is 18.7 Å². The highest BCUT2D eigenvalue weighted by Crippen LogP contribution is 2.29. The van der Waals surface area contributed by atoms with Gasteiger partial charge in [0.1, 0.15) is 35.1 Å². The number of aromatic nitrogens is 3. The minimum Gasteiger partial charge on any atom is -0.457 e. The summed E-state index contributed by atoms with van der Waals surface area (Å²) < 4.78 is 20.7. The zero-order valence-corrected chi connectivity index (χ0v) is 20.8. The van der Waals surface area contributed by atoms with Crippen LogP contribution in [0.25, 0.3) is 11.0 Å². The normalized spacial score (nSPS) is 15.3. The Morgan fingerprint density at radius 1 is 1.14 bits per heavy atom. The number of carbonyl (C=O) groups excluding carboxylic acids is 2. The van der Waals surface area contributed by atoms with Crippen LogP contribution >= 0.6 is 15.9 Å². The van der Waals surface area contributed by atoms with Gasteiger partial charge in [-0.2, -0.15) is 0 Å². The lowest BCUT2D eigenvalue weighted by molar-refractivity contribution is -0.128. The Bertz CT molecular complexity index is 1410. The lowest BCUT2D eigenvalue weighted by Gasteiger charge is -2.24. The third-order valence-corrected chi connectivity index (χ3v) is 6.68. The number of rotatable bonds is 8. The van der Waals surface area contributed by atoms with Crippen LogP contribution < -0.4 is 10.1 Å². The van der Waals surface area contributed by atoms with Gasteiger partial charge in [-0.1, -0.05) is 34.1 Å². The number of nitrogens with zero attached hydrogens (tertiary/aromatic N) is 3. The highest BCUT2D eigenvalue weighted by Gasteiger charge is 2.28. The molecule has 2 aromatic heterocycles. The maximum Gasteiger partial charge on any atom is 0.233 e. The third-order valence-electron chi connectivity index (χ3n) is 6.20. The Labute approximate surface area is 215 Å². The summed E-state index contributed by atoms with van der Waals surface area (Å²) in [5.74, 6) is 0.161. The molecule has 36 heavy (non-hydrogen) atoms. The molecule has 3 heterocycles. The molecule has 1 aliphatic rings. The third kappa shape index (κ3) is 4.81. The summed E-state index contributed by atoms with van der Waals surface area (Å²) in [7, 11) is 0. The number of benzene rings is 2. The van der Waals surface area contributed by atoms with E-state index >= 15 is 4.39 Å². The van der Waals surface area contributed by atoms with Gasteiger partial charge in [0.05, 0.1) is 21.8 Å². The van der Waals surface area contributed by atoms with Crippen LogP contribution in [0.15, 0.2) is 61.1 Å². The smallest absolute Gasteiger partial charge is 0.233 e. The summed E-state index contributed by atoms with van der Waals surface area (Å²) in [6.07, 6.45) is 4.71. The van der Waals surface area contributed by atoms with Crippen LogP contribution in [0.4, 0.5) is 10.2 Å². The van der Waals surface area contributed by atoms with Crippen molar-refractivity contribution in [1.29, 1.82) is 0 Å². The minimum atomic E-state index is -0.691. The first kappa shape index (κ1) is 23.9. The van der Waals surface area contributed by atoms with E-state index in [9.17, 15) is 9.59 Å². The standard InChI is InChI=1S/C26H23BrFN5O3/c27-12-22(34)33-10-4-5-16(33)13-29-25-23-20(14-30-26(23)32-15-31-25)24(35)19-9-8-18(11-21(19)28)36-17-6-2-1-3-7-17/h1-3,6-9,11,14-16H,4-5,10,12-13H2,(H2,29,30,31,32). The minimum absolute atomic E-state index is 0.0211. The number of ether oxygens (including phenoxy) is 1. The van der Waals surface area contributed by atoms with E-state index in [-0.39, 0.29) is 28.4 Å². The maximum atomic E-state index is 15.0. The lowest BCUT2D eigenvalue weighted by atomic mass is 10.0. The molecule has 0 bridgehead atoms. The molecule has 1 fully saturated rings. The molecule has 2 N–H and O–H groups in total. The second kappa shape index (κ2) is 10.4. The van der Waals surface area contributed by atoms with Gasteiger partial charge in [0.15, 0.2) is 5.78 Å². The average molecular weight is 552 g/mol. The lowest BCUT2D eigenvalue weighted by Crippen LogP contribution is -2.40. The van der Waals surface area contributed by atoms with Gasteiger partial charge in [-0.15, -0.1) is 0 Å². The predicted octanol–water partition coefficient (Wildman–Crippen LogP) is 4.92. The molecule has 1 aliphatic heterocycles.